The van der Waals surface area contributed by atoms with Gasteiger partial charge in [-0.1, -0.05) is 0 Å². The fourth-order valence-electron chi connectivity index (χ4n) is 2.73. The van der Waals surface area contributed by atoms with Gasteiger partial charge in [-0.05, 0) is 43.9 Å². The van der Waals surface area contributed by atoms with Crippen LogP contribution < -0.4 is 10.2 Å². The Labute approximate surface area is 129 Å². The summed E-state index contributed by atoms with van der Waals surface area (Å²) in [7, 11) is 0. The largest absolute Gasteiger partial charge is 0.459 e. The number of nitrogens with zero attached hydrogens (tertiary/aromatic N) is 3. The smallest absolute Gasteiger partial charge is 0.286 e. The summed E-state index contributed by atoms with van der Waals surface area (Å²) in [6.45, 7) is 4.44. The van der Waals surface area contributed by atoms with Crippen LogP contribution in [0.15, 0.2) is 35.1 Å². The van der Waals surface area contributed by atoms with E-state index < -0.39 is 0 Å². The molecule has 1 fully saturated rings. The molecular weight excluding hydrogens is 280 g/mol. The molecule has 3 rings (SSSR count). The lowest BCUT2D eigenvalue weighted by Gasteiger charge is -2.32. The predicted molar refractivity (Wildman–Crippen MR) is 82.7 cm³/mol. The van der Waals surface area contributed by atoms with Crippen molar-refractivity contribution < 1.29 is 9.21 Å². The standard InChI is InChI=1S/C16H20N4O2/c1-12-6-7-17-16(19-12)20-8-2-4-13(11-20)10-18-15(21)14-5-3-9-22-14/h3,5-7,9,13H,2,4,8,10-11H2,1H3,(H,18,21). The summed E-state index contributed by atoms with van der Waals surface area (Å²) in [6.07, 6.45) is 5.48. The van der Waals surface area contributed by atoms with Crippen LogP contribution in [0.5, 0.6) is 0 Å². The minimum absolute atomic E-state index is 0.158. The van der Waals surface area contributed by atoms with Gasteiger partial charge in [0.05, 0.1) is 6.26 Å². The molecule has 6 heteroatoms. The van der Waals surface area contributed by atoms with Crippen LogP contribution in [-0.2, 0) is 0 Å². The highest BCUT2D eigenvalue weighted by Crippen LogP contribution is 2.20. The van der Waals surface area contributed by atoms with Crippen molar-refractivity contribution in [1.29, 1.82) is 0 Å². The lowest BCUT2D eigenvalue weighted by atomic mass is 9.98. The molecule has 22 heavy (non-hydrogen) atoms. The first-order chi connectivity index (χ1) is 10.7. The van der Waals surface area contributed by atoms with Crippen molar-refractivity contribution in [2.75, 3.05) is 24.5 Å². The number of amides is 1. The second-order valence-corrected chi connectivity index (χ2v) is 5.64. The van der Waals surface area contributed by atoms with Crippen LogP contribution >= 0.6 is 0 Å². The second-order valence-electron chi connectivity index (χ2n) is 5.64. The van der Waals surface area contributed by atoms with Crippen molar-refractivity contribution in [2.24, 2.45) is 5.92 Å². The summed E-state index contributed by atoms with van der Waals surface area (Å²) in [5, 5.41) is 2.94. The zero-order chi connectivity index (χ0) is 15.4. The fourth-order valence-corrected chi connectivity index (χ4v) is 2.73. The number of hydrogen-bond acceptors (Lipinski definition) is 5. The zero-order valence-corrected chi connectivity index (χ0v) is 12.7. The number of anilines is 1. The number of rotatable bonds is 4. The van der Waals surface area contributed by atoms with E-state index in [0.717, 1.165) is 37.6 Å². The fraction of sp³-hybridized carbons (Fsp3) is 0.438. The Hall–Kier alpha value is -2.37. The second kappa shape index (κ2) is 6.60. The van der Waals surface area contributed by atoms with Gasteiger partial charge in [0.25, 0.3) is 5.91 Å². The van der Waals surface area contributed by atoms with E-state index in [2.05, 4.69) is 20.2 Å². The van der Waals surface area contributed by atoms with E-state index in [1.54, 1.807) is 18.3 Å². The number of carbonyl (C=O) groups excluding carboxylic acids is 1. The summed E-state index contributed by atoms with van der Waals surface area (Å²) in [5.41, 5.74) is 0.971. The van der Waals surface area contributed by atoms with Gasteiger partial charge in [0.15, 0.2) is 5.76 Å². The maximum absolute atomic E-state index is 11.9. The molecule has 0 aliphatic carbocycles. The minimum Gasteiger partial charge on any atom is -0.459 e. The number of aromatic nitrogens is 2. The molecule has 116 valence electrons. The highest BCUT2D eigenvalue weighted by Gasteiger charge is 2.22. The van der Waals surface area contributed by atoms with Gasteiger partial charge in [0.2, 0.25) is 5.95 Å². The van der Waals surface area contributed by atoms with E-state index in [9.17, 15) is 4.79 Å². The minimum atomic E-state index is -0.158. The van der Waals surface area contributed by atoms with E-state index in [4.69, 9.17) is 4.42 Å². The number of nitrogens with one attached hydrogen (secondary N) is 1. The topological polar surface area (TPSA) is 71.3 Å². The van der Waals surface area contributed by atoms with Gasteiger partial charge in [0.1, 0.15) is 0 Å². The van der Waals surface area contributed by atoms with Crippen molar-refractivity contribution in [2.45, 2.75) is 19.8 Å². The molecule has 1 saturated heterocycles. The van der Waals surface area contributed by atoms with E-state index in [1.165, 1.54) is 6.26 Å². The third kappa shape index (κ3) is 3.44. The maximum Gasteiger partial charge on any atom is 0.286 e. The van der Waals surface area contributed by atoms with Gasteiger partial charge in [-0.15, -0.1) is 0 Å². The summed E-state index contributed by atoms with van der Waals surface area (Å²) in [4.78, 5) is 22.9. The molecule has 2 aromatic rings. The normalized spacial score (nSPS) is 18.2. The van der Waals surface area contributed by atoms with Gasteiger partial charge < -0.3 is 14.6 Å². The number of carbonyl (C=O) groups is 1. The summed E-state index contributed by atoms with van der Waals surface area (Å²) in [6, 6.07) is 5.28. The van der Waals surface area contributed by atoms with Crippen LogP contribution in [0.3, 0.4) is 0 Å². The van der Waals surface area contributed by atoms with Crippen LogP contribution in [0.1, 0.15) is 29.1 Å². The summed E-state index contributed by atoms with van der Waals surface area (Å²) >= 11 is 0. The molecule has 1 N–H and O–H groups in total. The molecule has 1 amide bonds. The van der Waals surface area contributed by atoms with Gasteiger partial charge >= 0.3 is 0 Å². The molecule has 0 aromatic carbocycles. The first-order valence-corrected chi connectivity index (χ1v) is 7.58. The van der Waals surface area contributed by atoms with E-state index in [-0.39, 0.29) is 5.91 Å². The molecule has 0 bridgehead atoms. The van der Waals surface area contributed by atoms with Gasteiger partial charge in [-0.2, -0.15) is 0 Å². The molecule has 1 aliphatic rings. The van der Waals surface area contributed by atoms with Crippen LogP contribution in [0.4, 0.5) is 5.95 Å². The third-order valence-corrected chi connectivity index (χ3v) is 3.88. The number of hydrogen-bond donors (Lipinski definition) is 1. The first kappa shape index (κ1) is 14.6. The van der Waals surface area contributed by atoms with Crippen LogP contribution in [-0.4, -0.2) is 35.5 Å². The molecular formula is C16H20N4O2. The van der Waals surface area contributed by atoms with Crippen LogP contribution in [0, 0.1) is 12.8 Å². The number of furan rings is 1. The van der Waals surface area contributed by atoms with Crippen molar-refractivity contribution in [1.82, 2.24) is 15.3 Å². The highest BCUT2D eigenvalue weighted by molar-refractivity contribution is 5.91. The SMILES string of the molecule is Cc1ccnc(N2CCCC(CNC(=O)c3ccco3)C2)n1. The Morgan fingerprint density at radius 1 is 1.50 bits per heavy atom. The molecule has 0 radical (unpaired) electrons. The molecule has 0 spiro atoms. The van der Waals surface area contributed by atoms with Crippen molar-refractivity contribution >= 4 is 11.9 Å². The third-order valence-electron chi connectivity index (χ3n) is 3.88. The Kier molecular flexibility index (Phi) is 4.37. The number of aryl methyl sites for hydroxylation is 1. The Balaban J connectivity index is 1.56. The summed E-state index contributed by atoms with van der Waals surface area (Å²) < 4.78 is 5.10. The predicted octanol–water partition coefficient (Wildman–Crippen LogP) is 2.02. The lowest BCUT2D eigenvalue weighted by Crippen LogP contribution is -2.41. The quantitative estimate of drug-likeness (QED) is 0.935. The Bertz CT molecular complexity index is 627. The van der Waals surface area contributed by atoms with Crippen LogP contribution in [0.25, 0.3) is 0 Å². The monoisotopic (exact) mass is 300 g/mol. The summed E-state index contributed by atoms with van der Waals surface area (Å²) in [5.74, 6) is 1.38. The van der Waals surface area contributed by atoms with Crippen molar-refractivity contribution in [3.63, 3.8) is 0 Å². The molecule has 6 nitrogen and oxygen atoms in total. The van der Waals surface area contributed by atoms with Gasteiger partial charge in [0, 0.05) is 31.5 Å². The van der Waals surface area contributed by atoms with E-state index >= 15 is 0 Å². The van der Waals surface area contributed by atoms with Crippen molar-refractivity contribution in [3.8, 4) is 0 Å². The molecule has 1 unspecified atom stereocenters. The Morgan fingerprint density at radius 2 is 2.41 bits per heavy atom. The van der Waals surface area contributed by atoms with Gasteiger partial charge in [-0.3, -0.25) is 4.79 Å². The number of piperidine rings is 1. The molecule has 3 heterocycles. The average Bonchev–Trinajstić information content (AvgIpc) is 3.07. The molecule has 1 aliphatic heterocycles. The molecule has 0 saturated carbocycles. The van der Waals surface area contributed by atoms with E-state index in [0.29, 0.717) is 18.2 Å². The first-order valence-electron chi connectivity index (χ1n) is 7.58. The lowest BCUT2D eigenvalue weighted by molar-refractivity contribution is 0.0918. The average molecular weight is 300 g/mol. The van der Waals surface area contributed by atoms with Crippen LogP contribution in [0.2, 0.25) is 0 Å². The maximum atomic E-state index is 11.9. The zero-order valence-electron chi connectivity index (χ0n) is 12.7. The highest BCUT2D eigenvalue weighted by atomic mass is 16.3. The van der Waals surface area contributed by atoms with Crippen molar-refractivity contribution in [3.05, 3.63) is 42.1 Å². The van der Waals surface area contributed by atoms with Gasteiger partial charge in [-0.25, -0.2) is 9.97 Å². The molecule has 1 atom stereocenters. The van der Waals surface area contributed by atoms with E-state index in [1.807, 2.05) is 13.0 Å². The molecule has 2 aromatic heterocycles. The Morgan fingerprint density at radius 3 is 3.18 bits per heavy atom.